The van der Waals surface area contributed by atoms with Gasteiger partial charge in [0.25, 0.3) is 0 Å². The maximum Gasteiger partial charge on any atom is 0.329 e. The predicted octanol–water partition coefficient (Wildman–Crippen LogP) is 4.50. The van der Waals surface area contributed by atoms with Crippen molar-refractivity contribution >= 4 is 6.29 Å². The second-order valence-corrected chi connectivity index (χ2v) is 8.42. The number of unbranched alkanes of at least 4 members (excludes halogenated alkanes) is 2. The molecule has 8 heteroatoms. The molecule has 0 unspecified atom stereocenters. The number of aldehydes is 1. The Morgan fingerprint density at radius 1 is 0.941 bits per heavy atom. The van der Waals surface area contributed by atoms with E-state index in [1.807, 2.05) is 48.5 Å². The van der Waals surface area contributed by atoms with E-state index in [0.29, 0.717) is 24.6 Å². The Morgan fingerprint density at radius 2 is 1.68 bits per heavy atom. The van der Waals surface area contributed by atoms with E-state index >= 15 is 0 Å². The van der Waals surface area contributed by atoms with Gasteiger partial charge in [0.2, 0.25) is 0 Å². The molecule has 1 N–H and O–H groups in total. The number of aromatic nitrogens is 6. The Hall–Kier alpha value is -3.81. The highest BCUT2D eigenvalue weighted by Crippen LogP contribution is 2.29. The fourth-order valence-electron chi connectivity index (χ4n) is 4.28. The van der Waals surface area contributed by atoms with Crippen LogP contribution in [0.2, 0.25) is 0 Å². The number of H-pyrrole nitrogens is 1. The Balaban J connectivity index is 1.66. The van der Waals surface area contributed by atoms with Crippen LogP contribution in [0.15, 0.2) is 53.3 Å². The highest BCUT2D eigenvalue weighted by atomic mass is 16.2. The second kappa shape index (κ2) is 10.9. The molecular formula is C26H30N6O2. The number of hydrogen-bond acceptors (Lipinski definition) is 5. The van der Waals surface area contributed by atoms with Crippen molar-refractivity contribution in [2.45, 2.75) is 59.0 Å². The van der Waals surface area contributed by atoms with Gasteiger partial charge in [-0.3, -0.25) is 13.9 Å². The number of nitrogens with zero attached hydrogens (tertiary/aromatic N) is 5. The van der Waals surface area contributed by atoms with Gasteiger partial charge in [-0.05, 0) is 46.4 Å². The van der Waals surface area contributed by atoms with Crippen molar-refractivity contribution in [3.05, 3.63) is 76.0 Å². The summed E-state index contributed by atoms with van der Waals surface area (Å²) in [6, 6.07) is 16.1. The number of benzene rings is 2. The van der Waals surface area contributed by atoms with Crippen LogP contribution in [-0.4, -0.2) is 36.0 Å². The van der Waals surface area contributed by atoms with E-state index < -0.39 is 0 Å². The summed E-state index contributed by atoms with van der Waals surface area (Å²) < 4.78 is 3.43. The van der Waals surface area contributed by atoms with Gasteiger partial charge in [-0.2, -0.15) is 0 Å². The number of tetrazole rings is 1. The number of imidazole rings is 1. The minimum absolute atomic E-state index is 0.103. The average Bonchev–Trinajstić information content (AvgIpc) is 3.49. The van der Waals surface area contributed by atoms with Gasteiger partial charge >= 0.3 is 5.69 Å². The zero-order valence-electron chi connectivity index (χ0n) is 19.7. The zero-order valence-corrected chi connectivity index (χ0v) is 19.7. The van der Waals surface area contributed by atoms with Crippen molar-refractivity contribution in [1.82, 2.24) is 29.8 Å². The fraction of sp³-hybridized carbons (Fsp3) is 0.346. The van der Waals surface area contributed by atoms with Gasteiger partial charge in [-0.1, -0.05) is 75.2 Å². The highest BCUT2D eigenvalue weighted by molar-refractivity contribution is 5.80. The third-order valence-corrected chi connectivity index (χ3v) is 6.12. The molecule has 0 saturated carbocycles. The predicted molar refractivity (Wildman–Crippen MR) is 132 cm³/mol. The summed E-state index contributed by atoms with van der Waals surface area (Å²) in [5.41, 5.74) is 5.23. The quantitative estimate of drug-likeness (QED) is 0.334. The van der Waals surface area contributed by atoms with Crippen molar-refractivity contribution in [2.75, 3.05) is 0 Å². The molecule has 0 saturated heterocycles. The van der Waals surface area contributed by atoms with Crippen LogP contribution >= 0.6 is 0 Å². The summed E-state index contributed by atoms with van der Waals surface area (Å²) in [7, 11) is 0. The molecule has 0 aliphatic rings. The van der Waals surface area contributed by atoms with Gasteiger partial charge in [0.05, 0.1) is 12.2 Å². The van der Waals surface area contributed by atoms with E-state index in [1.165, 1.54) is 0 Å². The van der Waals surface area contributed by atoms with Crippen LogP contribution in [0.1, 0.15) is 61.3 Å². The number of nitrogens with one attached hydrogen (secondary N) is 1. The molecule has 0 aliphatic heterocycles. The van der Waals surface area contributed by atoms with E-state index in [9.17, 15) is 9.59 Å². The van der Waals surface area contributed by atoms with Crippen LogP contribution in [0.4, 0.5) is 0 Å². The van der Waals surface area contributed by atoms with Crippen LogP contribution in [0, 0.1) is 0 Å². The average molecular weight is 459 g/mol. The lowest BCUT2D eigenvalue weighted by Crippen LogP contribution is -2.26. The maximum absolute atomic E-state index is 13.3. The van der Waals surface area contributed by atoms with Gasteiger partial charge in [0.15, 0.2) is 12.1 Å². The van der Waals surface area contributed by atoms with Gasteiger partial charge in [0.1, 0.15) is 5.69 Å². The number of hydrogen-bond donors (Lipinski definition) is 1. The molecule has 8 nitrogen and oxygen atoms in total. The monoisotopic (exact) mass is 458 g/mol. The molecule has 0 spiro atoms. The van der Waals surface area contributed by atoms with Crippen molar-refractivity contribution in [1.29, 1.82) is 0 Å². The first-order valence-electron chi connectivity index (χ1n) is 11.9. The molecule has 0 bridgehead atoms. The summed E-state index contributed by atoms with van der Waals surface area (Å²) in [5.74, 6) is 0.613. The number of carbonyl (C=O) groups is 1. The Labute approximate surface area is 198 Å². The van der Waals surface area contributed by atoms with Gasteiger partial charge < -0.3 is 0 Å². The number of carbonyl (C=O) groups excluding carboxylic acids is 1. The summed E-state index contributed by atoms with van der Waals surface area (Å²) in [6.45, 7) is 5.20. The third-order valence-electron chi connectivity index (χ3n) is 6.12. The summed E-state index contributed by atoms with van der Waals surface area (Å²) in [5, 5.41) is 14.2. The lowest BCUT2D eigenvalue weighted by Gasteiger charge is -2.10. The summed E-state index contributed by atoms with van der Waals surface area (Å²) >= 11 is 0. The minimum Gasteiger partial charge on any atom is -0.296 e. The van der Waals surface area contributed by atoms with E-state index in [0.717, 1.165) is 66.3 Å². The lowest BCUT2D eigenvalue weighted by atomic mass is 9.98. The molecule has 4 rings (SSSR count). The molecule has 2 heterocycles. The molecule has 0 fully saturated rings. The highest BCUT2D eigenvalue weighted by Gasteiger charge is 2.19. The molecule has 2 aromatic carbocycles. The molecule has 2 aromatic heterocycles. The van der Waals surface area contributed by atoms with Crippen molar-refractivity contribution < 1.29 is 4.79 Å². The SMILES string of the molecule is CCCCc1c(C=O)n(CCCC)c(=O)n1Cc1ccc(-c2ccccc2-c2nnn[nH]2)cc1. The van der Waals surface area contributed by atoms with Crippen LogP contribution in [-0.2, 0) is 19.5 Å². The standard InChI is InChI=1S/C26H30N6O2/c1-3-5-11-23-24(18-33)31(16-6-4-2)26(34)32(23)17-19-12-14-20(15-13-19)21-9-7-8-10-22(21)25-27-29-30-28-25/h7-10,12-15,18H,3-6,11,16-17H2,1-2H3,(H,27,28,29,30). The van der Waals surface area contributed by atoms with E-state index in [4.69, 9.17) is 0 Å². The number of rotatable bonds is 11. The Kier molecular flexibility index (Phi) is 7.47. The van der Waals surface area contributed by atoms with Crippen LogP contribution < -0.4 is 5.69 Å². The summed E-state index contributed by atoms with van der Waals surface area (Å²) in [6.07, 6.45) is 5.33. The zero-order chi connectivity index (χ0) is 23.9. The van der Waals surface area contributed by atoms with Crippen molar-refractivity contribution in [2.24, 2.45) is 0 Å². The van der Waals surface area contributed by atoms with Gasteiger partial charge in [-0.25, -0.2) is 9.89 Å². The molecular weight excluding hydrogens is 428 g/mol. The first-order chi connectivity index (χ1) is 16.7. The second-order valence-electron chi connectivity index (χ2n) is 8.42. The van der Waals surface area contributed by atoms with Gasteiger partial charge in [-0.15, -0.1) is 5.10 Å². The first kappa shape index (κ1) is 23.4. The van der Waals surface area contributed by atoms with Crippen LogP contribution in [0.25, 0.3) is 22.5 Å². The largest absolute Gasteiger partial charge is 0.329 e. The lowest BCUT2D eigenvalue weighted by molar-refractivity contribution is 0.111. The minimum atomic E-state index is -0.103. The van der Waals surface area contributed by atoms with Crippen molar-refractivity contribution in [3.8, 4) is 22.5 Å². The summed E-state index contributed by atoms with van der Waals surface area (Å²) in [4.78, 5) is 25.2. The van der Waals surface area contributed by atoms with E-state index in [-0.39, 0.29) is 5.69 Å². The third kappa shape index (κ3) is 4.76. The van der Waals surface area contributed by atoms with Crippen molar-refractivity contribution in [3.63, 3.8) is 0 Å². The fourth-order valence-corrected chi connectivity index (χ4v) is 4.28. The molecule has 0 radical (unpaired) electrons. The molecule has 0 amide bonds. The Bertz CT molecular complexity index is 1290. The van der Waals surface area contributed by atoms with Gasteiger partial charge in [0, 0.05) is 12.1 Å². The van der Waals surface area contributed by atoms with Crippen LogP contribution in [0.5, 0.6) is 0 Å². The Morgan fingerprint density at radius 3 is 2.32 bits per heavy atom. The topological polar surface area (TPSA) is 98.5 Å². The smallest absolute Gasteiger partial charge is 0.296 e. The molecule has 176 valence electrons. The van der Waals surface area contributed by atoms with E-state index in [1.54, 1.807) is 9.13 Å². The van der Waals surface area contributed by atoms with Crippen LogP contribution in [0.3, 0.4) is 0 Å². The number of aromatic amines is 1. The van der Waals surface area contributed by atoms with E-state index in [2.05, 4.69) is 34.5 Å². The normalized spacial score (nSPS) is 11.1. The molecule has 4 aromatic rings. The molecule has 0 atom stereocenters. The first-order valence-corrected chi connectivity index (χ1v) is 11.9. The molecule has 0 aliphatic carbocycles. The molecule has 34 heavy (non-hydrogen) atoms. The maximum atomic E-state index is 13.3.